The van der Waals surface area contributed by atoms with E-state index < -0.39 is 6.04 Å². The van der Waals surface area contributed by atoms with Crippen LogP contribution in [0, 0.1) is 6.92 Å². The lowest BCUT2D eigenvalue weighted by atomic mass is 10.1. The van der Waals surface area contributed by atoms with Crippen molar-refractivity contribution in [2.24, 2.45) is 0 Å². The molecule has 0 aliphatic carbocycles. The Kier molecular flexibility index (Phi) is 5.32. The van der Waals surface area contributed by atoms with Crippen molar-refractivity contribution >= 4 is 23.2 Å². The van der Waals surface area contributed by atoms with Crippen LogP contribution in [0.2, 0.25) is 0 Å². The molecule has 7 heteroatoms. The number of carbonyl (C=O) groups is 2. The number of aryl methyl sites for hydroxylation is 2. The topological polar surface area (TPSA) is 81.4 Å². The molecule has 0 aliphatic rings. The van der Waals surface area contributed by atoms with Gasteiger partial charge in [0.15, 0.2) is 0 Å². The Hall–Kier alpha value is -2.15. The van der Waals surface area contributed by atoms with Crippen LogP contribution in [-0.2, 0) is 16.0 Å². The van der Waals surface area contributed by atoms with Crippen molar-refractivity contribution in [1.29, 1.82) is 0 Å². The minimum Gasteiger partial charge on any atom is -0.469 e. The van der Waals surface area contributed by atoms with Crippen molar-refractivity contribution in [3.63, 3.8) is 0 Å². The third kappa shape index (κ3) is 3.54. The lowest BCUT2D eigenvalue weighted by Crippen LogP contribution is -2.30. The van der Waals surface area contributed by atoms with E-state index in [-0.39, 0.29) is 18.3 Å². The molecule has 1 N–H and O–H groups in total. The van der Waals surface area contributed by atoms with Gasteiger partial charge in [-0.2, -0.15) is 0 Å². The Labute approximate surface area is 132 Å². The first-order chi connectivity index (χ1) is 10.6. The van der Waals surface area contributed by atoms with Crippen LogP contribution in [0.3, 0.4) is 0 Å². The van der Waals surface area contributed by atoms with Crippen LogP contribution in [0.15, 0.2) is 22.0 Å². The largest absolute Gasteiger partial charge is 0.469 e. The van der Waals surface area contributed by atoms with Gasteiger partial charge in [0.2, 0.25) is 0 Å². The summed E-state index contributed by atoms with van der Waals surface area (Å²) in [6.07, 6.45) is 0.676. The Bertz CT molecular complexity index is 649. The monoisotopic (exact) mass is 322 g/mol. The summed E-state index contributed by atoms with van der Waals surface area (Å²) in [5, 5.41) is 8.65. The number of hydrogen-bond acceptors (Lipinski definition) is 6. The van der Waals surface area contributed by atoms with E-state index in [1.54, 1.807) is 6.92 Å². The molecule has 0 fully saturated rings. The van der Waals surface area contributed by atoms with Gasteiger partial charge in [0.05, 0.1) is 25.3 Å². The highest BCUT2D eigenvalue weighted by atomic mass is 32.1. The molecule has 0 bridgehead atoms. The first-order valence-electron chi connectivity index (χ1n) is 6.93. The van der Waals surface area contributed by atoms with Crippen molar-refractivity contribution in [1.82, 2.24) is 10.5 Å². The molecular formula is C15H18N2O4S. The smallest absolute Gasteiger partial charge is 0.307 e. The molecule has 1 unspecified atom stereocenters. The molecular weight excluding hydrogens is 304 g/mol. The van der Waals surface area contributed by atoms with Gasteiger partial charge in [-0.3, -0.25) is 9.59 Å². The Morgan fingerprint density at radius 1 is 1.50 bits per heavy atom. The number of nitrogens with zero attached hydrogens (tertiary/aromatic N) is 1. The van der Waals surface area contributed by atoms with Crippen LogP contribution in [0.1, 0.15) is 46.1 Å². The van der Waals surface area contributed by atoms with Crippen molar-refractivity contribution < 1.29 is 18.8 Å². The summed E-state index contributed by atoms with van der Waals surface area (Å²) < 4.78 is 9.79. The van der Waals surface area contributed by atoms with E-state index >= 15 is 0 Å². The second-order valence-electron chi connectivity index (χ2n) is 4.74. The summed E-state index contributed by atoms with van der Waals surface area (Å²) in [6.45, 7) is 3.60. The van der Waals surface area contributed by atoms with Crippen LogP contribution in [0.25, 0.3) is 0 Å². The number of ether oxygens (including phenoxy) is 1. The van der Waals surface area contributed by atoms with Crippen molar-refractivity contribution in [2.75, 3.05) is 7.11 Å². The summed E-state index contributed by atoms with van der Waals surface area (Å²) in [6, 6.07) is 3.32. The molecule has 118 valence electrons. The summed E-state index contributed by atoms with van der Waals surface area (Å²) in [5.74, 6) is -0.202. The molecule has 0 aromatic carbocycles. The fourth-order valence-corrected chi connectivity index (χ4v) is 2.92. The van der Waals surface area contributed by atoms with Gasteiger partial charge in [0, 0.05) is 4.88 Å². The highest BCUT2D eigenvalue weighted by Gasteiger charge is 2.25. The van der Waals surface area contributed by atoms with E-state index in [2.05, 4.69) is 10.5 Å². The third-order valence-corrected chi connectivity index (χ3v) is 4.27. The molecule has 22 heavy (non-hydrogen) atoms. The molecule has 6 nitrogen and oxygen atoms in total. The van der Waals surface area contributed by atoms with E-state index in [0.29, 0.717) is 23.4 Å². The summed E-state index contributed by atoms with van der Waals surface area (Å²) in [7, 11) is 1.33. The Morgan fingerprint density at radius 3 is 2.86 bits per heavy atom. The molecule has 0 aliphatic heterocycles. The quantitative estimate of drug-likeness (QED) is 0.827. The van der Waals surface area contributed by atoms with Gasteiger partial charge in [-0.1, -0.05) is 18.1 Å². The van der Waals surface area contributed by atoms with Crippen LogP contribution >= 0.6 is 11.3 Å². The molecule has 0 saturated heterocycles. The third-order valence-electron chi connectivity index (χ3n) is 3.29. The number of methoxy groups -OCH3 is 1. The van der Waals surface area contributed by atoms with Crippen LogP contribution < -0.4 is 5.32 Å². The molecule has 2 rings (SSSR count). The highest BCUT2D eigenvalue weighted by molar-refractivity contribution is 7.10. The maximum absolute atomic E-state index is 12.5. The second-order valence-corrected chi connectivity index (χ2v) is 5.72. The molecule has 2 aromatic heterocycles. The second kappa shape index (κ2) is 7.22. The highest BCUT2D eigenvalue weighted by Crippen LogP contribution is 2.24. The van der Waals surface area contributed by atoms with Crippen molar-refractivity contribution in [2.45, 2.75) is 32.7 Å². The molecule has 1 amide bonds. The normalized spacial score (nSPS) is 12.0. The predicted octanol–water partition coefficient (Wildman–Crippen LogP) is 2.64. The average molecular weight is 322 g/mol. The Balaban J connectivity index is 2.21. The van der Waals surface area contributed by atoms with Crippen LogP contribution in [0.5, 0.6) is 0 Å². The molecule has 0 spiro atoms. The lowest BCUT2D eigenvalue weighted by molar-refractivity contribution is -0.141. The molecule has 0 saturated carbocycles. The number of carbonyl (C=O) groups excluding carboxylic acids is 2. The first-order valence-corrected chi connectivity index (χ1v) is 7.81. The van der Waals surface area contributed by atoms with Gasteiger partial charge in [-0.15, -0.1) is 11.3 Å². The zero-order valence-electron chi connectivity index (χ0n) is 12.7. The number of rotatable bonds is 6. The summed E-state index contributed by atoms with van der Waals surface area (Å²) in [5.41, 5.74) is 1.05. The number of thiophene rings is 1. The van der Waals surface area contributed by atoms with Crippen molar-refractivity contribution in [3.8, 4) is 0 Å². The minimum absolute atomic E-state index is 0.0779. The standard InChI is InChI=1S/C15H18N2O4S/c1-4-10-14(9(2)21-17-10)15(19)16-11(8-13(18)20-3)12-6-5-7-22-12/h5-7,11H,4,8H2,1-3H3,(H,16,19). The predicted molar refractivity (Wildman–Crippen MR) is 81.8 cm³/mol. The lowest BCUT2D eigenvalue weighted by Gasteiger charge is -2.16. The molecule has 2 heterocycles. The van der Waals surface area contributed by atoms with Gasteiger partial charge >= 0.3 is 5.97 Å². The zero-order valence-corrected chi connectivity index (χ0v) is 13.5. The number of esters is 1. The van der Waals surface area contributed by atoms with Gasteiger partial charge in [-0.25, -0.2) is 0 Å². The Morgan fingerprint density at radius 2 is 2.27 bits per heavy atom. The SMILES string of the molecule is CCc1noc(C)c1C(=O)NC(CC(=O)OC)c1cccs1. The fraction of sp³-hybridized carbons (Fsp3) is 0.400. The van der Waals surface area contributed by atoms with E-state index in [9.17, 15) is 9.59 Å². The summed E-state index contributed by atoms with van der Waals surface area (Å²) in [4.78, 5) is 25.0. The number of hydrogen-bond donors (Lipinski definition) is 1. The minimum atomic E-state index is -0.432. The maximum atomic E-state index is 12.5. The van der Waals surface area contributed by atoms with Gasteiger partial charge in [-0.05, 0) is 24.8 Å². The number of aromatic nitrogens is 1. The van der Waals surface area contributed by atoms with Crippen LogP contribution in [-0.4, -0.2) is 24.1 Å². The van der Waals surface area contributed by atoms with E-state index in [1.165, 1.54) is 18.4 Å². The molecule has 0 radical (unpaired) electrons. The fourth-order valence-electron chi connectivity index (χ4n) is 2.14. The van der Waals surface area contributed by atoms with Crippen molar-refractivity contribution in [3.05, 3.63) is 39.4 Å². The number of amides is 1. The maximum Gasteiger partial charge on any atom is 0.307 e. The molecule has 2 aromatic rings. The zero-order chi connectivity index (χ0) is 16.1. The molecule has 1 atom stereocenters. The van der Waals surface area contributed by atoms with Gasteiger partial charge in [0.25, 0.3) is 5.91 Å². The first kappa shape index (κ1) is 16.2. The van der Waals surface area contributed by atoms with E-state index in [0.717, 1.165) is 4.88 Å². The summed E-state index contributed by atoms with van der Waals surface area (Å²) >= 11 is 1.48. The van der Waals surface area contributed by atoms with E-state index in [1.807, 2.05) is 24.4 Å². The van der Waals surface area contributed by atoms with Crippen LogP contribution in [0.4, 0.5) is 0 Å². The average Bonchev–Trinajstić information content (AvgIpc) is 3.15. The number of nitrogens with one attached hydrogen (secondary N) is 1. The van der Waals surface area contributed by atoms with Gasteiger partial charge in [0.1, 0.15) is 11.3 Å². The van der Waals surface area contributed by atoms with E-state index in [4.69, 9.17) is 9.26 Å². The van der Waals surface area contributed by atoms with Gasteiger partial charge < -0.3 is 14.6 Å².